The lowest BCUT2D eigenvalue weighted by molar-refractivity contribution is -0.146. The number of carbonyl (C=O) groups is 1. The Morgan fingerprint density at radius 2 is 1.88 bits per heavy atom. The van der Waals surface area contributed by atoms with Crippen molar-refractivity contribution in [3.8, 4) is 5.75 Å². The number of aromatic nitrogens is 4. The third-order valence-electron chi connectivity index (χ3n) is 6.31. The molecule has 1 aliphatic heterocycles. The van der Waals surface area contributed by atoms with E-state index in [2.05, 4.69) is 20.8 Å². The largest absolute Gasteiger partial charge is 0.489 e. The lowest BCUT2D eigenvalue weighted by Crippen LogP contribution is -2.32. The Kier molecular flexibility index (Phi) is 6.49. The number of fused-ring (bicyclic) bond motifs is 1. The molecule has 8 nitrogen and oxygen atoms in total. The maximum atomic E-state index is 13.3. The van der Waals surface area contributed by atoms with Gasteiger partial charge in [-0.25, -0.2) is 4.79 Å². The van der Waals surface area contributed by atoms with Gasteiger partial charge >= 0.3 is 5.97 Å². The first-order chi connectivity index (χ1) is 16.6. The minimum Gasteiger partial charge on any atom is -0.489 e. The number of carbonyl (C=O) groups excluding carboxylic acids is 1. The summed E-state index contributed by atoms with van der Waals surface area (Å²) < 4.78 is 13.4. The standard InChI is InChI=1S/C25H26ClN5O3/c1-16-22(24(32)34-20-8-3-2-4-9-20)23(31-25(27-16)28-29-30-31)17-11-13-19(14-12-17)33-15-18-7-5-6-10-21(18)26/h5-7,10-14,20,23H,2-4,8-9,15H2,1H3,(H,27,28,30). The van der Waals surface area contributed by atoms with Crippen LogP contribution >= 0.6 is 11.6 Å². The predicted octanol–water partition coefficient (Wildman–Crippen LogP) is 5.07. The van der Waals surface area contributed by atoms with Gasteiger partial charge in [-0.15, -0.1) is 0 Å². The number of benzene rings is 2. The quantitative estimate of drug-likeness (QED) is 0.493. The second-order valence-electron chi connectivity index (χ2n) is 8.63. The number of rotatable bonds is 6. The van der Waals surface area contributed by atoms with Gasteiger partial charge in [0, 0.05) is 16.3 Å². The van der Waals surface area contributed by atoms with Crippen LogP contribution < -0.4 is 10.1 Å². The minimum absolute atomic E-state index is 0.0435. The molecule has 2 heterocycles. The number of anilines is 1. The normalized spacial score (nSPS) is 18.2. The van der Waals surface area contributed by atoms with Gasteiger partial charge in [0.05, 0.1) is 5.57 Å². The van der Waals surface area contributed by atoms with E-state index in [-0.39, 0.29) is 12.1 Å². The molecular formula is C25H26ClN5O3. The van der Waals surface area contributed by atoms with E-state index in [1.165, 1.54) is 6.42 Å². The van der Waals surface area contributed by atoms with Crippen LogP contribution in [-0.4, -0.2) is 32.3 Å². The van der Waals surface area contributed by atoms with E-state index in [1.54, 1.807) is 4.68 Å². The maximum absolute atomic E-state index is 13.3. The molecule has 5 rings (SSSR count). The van der Waals surface area contributed by atoms with Crippen molar-refractivity contribution < 1.29 is 14.3 Å². The summed E-state index contributed by atoms with van der Waals surface area (Å²) in [7, 11) is 0. The van der Waals surface area contributed by atoms with Crippen molar-refractivity contribution in [2.75, 3.05) is 5.32 Å². The molecular weight excluding hydrogens is 454 g/mol. The zero-order valence-electron chi connectivity index (χ0n) is 18.9. The van der Waals surface area contributed by atoms with Crippen LogP contribution in [0, 0.1) is 0 Å². The van der Waals surface area contributed by atoms with E-state index in [0.717, 1.165) is 36.8 Å². The van der Waals surface area contributed by atoms with E-state index in [4.69, 9.17) is 21.1 Å². The first kappa shape index (κ1) is 22.4. The third kappa shape index (κ3) is 4.63. The SMILES string of the molecule is CC1=C(C(=O)OC2CCCCC2)C(c2ccc(OCc3ccccc3Cl)cc2)n2nnnc2N1. The van der Waals surface area contributed by atoms with Crippen LogP contribution in [0.25, 0.3) is 0 Å². The number of hydrogen-bond acceptors (Lipinski definition) is 7. The molecule has 0 saturated heterocycles. The van der Waals surface area contributed by atoms with Crippen LogP contribution in [0.5, 0.6) is 5.75 Å². The Morgan fingerprint density at radius 1 is 1.12 bits per heavy atom. The van der Waals surface area contributed by atoms with Crippen molar-refractivity contribution in [1.29, 1.82) is 0 Å². The van der Waals surface area contributed by atoms with E-state index >= 15 is 0 Å². The summed E-state index contributed by atoms with van der Waals surface area (Å²) >= 11 is 6.23. The summed E-state index contributed by atoms with van der Waals surface area (Å²) in [4.78, 5) is 13.3. The van der Waals surface area contributed by atoms with Crippen LogP contribution in [-0.2, 0) is 16.1 Å². The smallest absolute Gasteiger partial charge is 0.338 e. The molecule has 0 bridgehead atoms. The fourth-order valence-corrected chi connectivity index (χ4v) is 4.70. The van der Waals surface area contributed by atoms with Crippen LogP contribution in [0.1, 0.15) is 56.2 Å². The summed E-state index contributed by atoms with van der Waals surface area (Å²) in [6.07, 6.45) is 5.14. The lowest BCUT2D eigenvalue weighted by Gasteiger charge is -2.29. The average molecular weight is 480 g/mol. The van der Waals surface area contributed by atoms with E-state index in [9.17, 15) is 4.79 Å². The number of nitrogens with zero attached hydrogens (tertiary/aromatic N) is 4. The first-order valence-corrected chi connectivity index (χ1v) is 11.9. The van der Waals surface area contributed by atoms with E-state index in [1.807, 2.05) is 55.5 Å². The van der Waals surface area contributed by atoms with Gasteiger partial charge in [0.15, 0.2) is 0 Å². The van der Waals surface area contributed by atoms with Crippen molar-refractivity contribution in [1.82, 2.24) is 20.2 Å². The van der Waals surface area contributed by atoms with Gasteiger partial charge in [0.1, 0.15) is 24.5 Å². The highest BCUT2D eigenvalue weighted by molar-refractivity contribution is 6.31. The monoisotopic (exact) mass is 479 g/mol. The molecule has 9 heteroatoms. The molecule has 34 heavy (non-hydrogen) atoms. The summed E-state index contributed by atoms with van der Waals surface area (Å²) in [5, 5.41) is 15.8. The number of hydrogen-bond donors (Lipinski definition) is 1. The van der Waals surface area contributed by atoms with Gasteiger partial charge in [-0.2, -0.15) is 4.68 Å². The predicted molar refractivity (Wildman–Crippen MR) is 127 cm³/mol. The van der Waals surface area contributed by atoms with Crippen molar-refractivity contribution >= 4 is 23.5 Å². The number of allylic oxidation sites excluding steroid dienone is 1. The molecule has 1 aromatic heterocycles. The molecule has 2 aromatic carbocycles. The summed E-state index contributed by atoms with van der Waals surface area (Å²) in [5.41, 5.74) is 2.97. The Hall–Kier alpha value is -3.39. The van der Waals surface area contributed by atoms with Crippen molar-refractivity contribution in [3.63, 3.8) is 0 Å². The number of esters is 1. The summed E-state index contributed by atoms with van der Waals surface area (Å²) in [6, 6.07) is 14.7. The Bertz CT molecular complexity index is 1200. The number of nitrogens with one attached hydrogen (secondary N) is 1. The fraction of sp³-hybridized carbons (Fsp3) is 0.360. The van der Waals surface area contributed by atoms with Gasteiger partial charge in [0.2, 0.25) is 5.95 Å². The van der Waals surface area contributed by atoms with Gasteiger partial charge in [-0.3, -0.25) is 0 Å². The maximum Gasteiger partial charge on any atom is 0.338 e. The number of ether oxygens (including phenoxy) is 2. The molecule has 1 saturated carbocycles. The zero-order valence-corrected chi connectivity index (χ0v) is 19.7. The molecule has 0 radical (unpaired) electrons. The molecule has 1 aliphatic carbocycles. The van der Waals surface area contributed by atoms with E-state index in [0.29, 0.717) is 34.6 Å². The second-order valence-corrected chi connectivity index (χ2v) is 9.03. The van der Waals surface area contributed by atoms with Crippen molar-refractivity contribution in [2.45, 2.75) is 57.8 Å². The van der Waals surface area contributed by atoms with Gasteiger partial charge in [-0.1, -0.05) is 53.5 Å². The molecule has 176 valence electrons. The van der Waals surface area contributed by atoms with E-state index < -0.39 is 6.04 Å². The zero-order chi connectivity index (χ0) is 23.5. The topological polar surface area (TPSA) is 91.2 Å². The van der Waals surface area contributed by atoms with Gasteiger partial charge in [0.25, 0.3) is 0 Å². The van der Waals surface area contributed by atoms with Gasteiger partial charge < -0.3 is 14.8 Å². The summed E-state index contributed by atoms with van der Waals surface area (Å²) in [5.74, 6) is 0.847. The Labute approximate surface area is 202 Å². The molecule has 0 amide bonds. The first-order valence-electron chi connectivity index (χ1n) is 11.5. The highest BCUT2D eigenvalue weighted by atomic mass is 35.5. The molecule has 3 aromatic rings. The van der Waals surface area contributed by atoms with Crippen molar-refractivity contribution in [3.05, 3.63) is 76.0 Å². The minimum atomic E-state index is -0.500. The number of halogens is 1. The second kappa shape index (κ2) is 9.85. The molecule has 0 spiro atoms. The average Bonchev–Trinajstić information content (AvgIpc) is 3.32. The summed E-state index contributed by atoms with van der Waals surface area (Å²) in [6.45, 7) is 2.21. The molecule has 1 unspecified atom stereocenters. The molecule has 1 fully saturated rings. The fourth-order valence-electron chi connectivity index (χ4n) is 4.51. The molecule has 1 atom stereocenters. The number of tetrazole rings is 1. The molecule has 1 N–H and O–H groups in total. The Balaban J connectivity index is 1.38. The third-order valence-corrected chi connectivity index (χ3v) is 6.68. The van der Waals surface area contributed by atoms with Crippen molar-refractivity contribution in [2.24, 2.45) is 0 Å². The van der Waals surface area contributed by atoms with Crippen LogP contribution in [0.4, 0.5) is 5.95 Å². The van der Waals surface area contributed by atoms with Gasteiger partial charge in [-0.05, 0) is 66.8 Å². The highest BCUT2D eigenvalue weighted by Crippen LogP contribution is 2.36. The van der Waals surface area contributed by atoms with Crippen LogP contribution in [0.2, 0.25) is 5.02 Å². The lowest BCUT2D eigenvalue weighted by atomic mass is 9.95. The van der Waals surface area contributed by atoms with Crippen LogP contribution in [0.3, 0.4) is 0 Å². The van der Waals surface area contributed by atoms with Crippen LogP contribution in [0.15, 0.2) is 59.8 Å². The molecule has 2 aliphatic rings. The Morgan fingerprint density at radius 3 is 2.65 bits per heavy atom. The highest BCUT2D eigenvalue weighted by Gasteiger charge is 2.36.